The van der Waals surface area contributed by atoms with Crippen LogP contribution in [0.15, 0.2) is 0 Å². The maximum absolute atomic E-state index is 4.26. The van der Waals surface area contributed by atoms with Crippen LogP contribution in [0.25, 0.3) is 0 Å². The van der Waals surface area contributed by atoms with Crippen molar-refractivity contribution in [1.82, 2.24) is 15.5 Å². The second-order valence-electron chi connectivity index (χ2n) is 3.60. The van der Waals surface area contributed by atoms with Crippen molar-refractivity contribution in [1.29, 1.82) is 0 Å². The second kappa shape index (κ2) is 5.40. The van der Waals surface area contributed by atoms with Gasteiger partial charge in [0.2, 0.25) is 0 Å². The third kappa shape index (κ3) is 3.01. The molecule has 1 N–H and O–H groups in total. The number of nitrogens with zero attached hydrogens (tertiary/aromatic N) is 3. The molecule has 1 saturated heterocycles. The Bertz CT molecular complexity index is 309. The first-order valence-corrected chi connectivity index (χ1v) is 11.1. The molecule has 15 heavy (non-hydrogen) atoms. The van der Waals surface area contributed by atoms with Crippen molar-refractivity contribution < 1.29 is 0 Å². The second-order valence-corrected chi connectivity index (χ2v) is 10.9. The van der Waals surface area contributed by atoms with E-state index in [4.69, 9.17) is 0 Å². The molecule has 0 aromatic carbocycles. The van der Waals surface area contributed by atoms with Crippen molar-refractivity contribution in [3.05, 3.63) is 5.01 Å². The molecule has 4 nitrogen and oxygen atoms in total. The molecule has 0 radical (unpaired) electrons. The van der Waals surface area contributed by atoms with E-state index in [2.05, 4.69) is 25.3 Å². The zero-order chi connectivity index (χ0) is 10.7. The van der Waals surface area contributed by atoms with Gasteiger partial charge < -0.3 is 0 Å². The third-order valence-corrected chi connectivity index (χ3v) is 8.04. The summed E-state index contributed by atoms with van der Waals surface area (Å²) in [6.45, 7) is 3.24. The quantitative estimate of drug-likeness (QED) is 0.664. The topological polar surface area (TPSA) is 41.1 Å². The van der Waals surface area contributed by atoms with Gasteiger partial charge in [0.15, 0.2) is 0 Å². The van der Waals surface area contributed by atoms with Crippen molar-refractivity contribution >= 4 is 36.3 Å². The molecule has 0 atom stereocenters. The van der Waals surface area contributed by atoms with Crippen LogP contribution in [0, 0.1) is 0 Å². The number of hydrogen-bond donors (Lipinski definition) is 1. The summed E-state index contributed by atoms with van der Waals surface area (Å²) in [4.78, 5) is 4.88. The van der Waals surface area contributed by atoms with Crippen LogP contribution in [0.4, 0.5) is 5.13 Å². The van der Waals surface area contributed by atoms with Gasteiger partial charge in [0.25, 0.3) is 0 Å². The van der Waals surface area contributed by atoms with Crippen LogP contribution in [0.2, 0.25) is 0 Å². The Balaban J connectivity index is 1.96. The van der Waals surface area contributed by atoms with Gasteiger partial charge >= 0.3 is 102 Å². The van der Waals surface area contributed by atoms with E-state index in [1.807, 2.05) is 7.05 Å². The van der Waals surface area contributed by atoms with Crippen LogP contribution in [-0.2, 0) is 6.54 Å². The number of anilines is 1. The third-order valence-electron chi connectivity index (χ3n) is 2.41. The van der Waals surface area contributed by atoms with Crippen molar-refractivity contribution in [3.63, 3.8) is 0 Å². The van der Waals surface area contributed by atoms with Crippen LogP contribution in [-0.4, -0.2) is 44.1 Å². The fraction of sp³-hybridized carbons (Fsp3) is 0.778. The summed E-state index contributed by atoms with van der Waals surface area (Å²) in [7, 11) is 1.94. The Morgan fingerprint density at radius 1 is 1.40 bits per heavy atom. The molecule has 0 aliphatic carbocycles. The minimum atomic E-state index is -0.518. The van der Waals surface area contributed by atoms with E-state index in [1.165, 1.54) is 21.9 Å². The first-order chi connectivity index (χ1) is 7.29. The van der Waals surface area contributed by atoms with Crippen molar-refractivity contribution in [2.45, 2.75) is 6.54 Å². The molecular formula is C9H17IN4S. The Labute approximate surface area is 102 Å². The zero-order valence-electron chi connectivity index (χ0n) is 9.16. The monoisotopic (exact) mass is 340 g/mol. The fourth-order valence-corrected chi connectivity index (χ4v) is 5.74. The summed E-state index contributed by atoms with van der Waals surface area (Å²) in [5, 5.41) is 13.7. The number of alkyl halides is 3. The molecular weight excluding hydrogens is 323 g/mol. The molecule has 2 rings (SSSR count). The first kappa shape index (κ1) is 11.5. The fourth-order valence-electron chi connectivity index (χ4n) is 1.49. The van der Waals surface area contributed by atoms with Crippen molar-refractivity contribution in [2.24, 2.45) is 0 Å². The van der Waals surface area contributed by atoms with Gasteiger partial charge in [-0.2, -0.15) is 0 Å². The predicted molar refractivity (Wildman–Crippen MR) is 74.6 cm³/mol. The molecule has 1 aromatic rings. The van der Waals surface area contributed by atoms with Crippen molar-refractivity contribution in [3.8, 4) is 0 Å². The molecule has 2 heterocycles. The van der Waals surface area contributed by atoms with Gasteiger partial charge in [0, 0.05) is 0 Å². The van der Waals surface area contributed by atoms with Gasteiger partial charge in [-0.05, 0) is 0 Å². The molecule has 1 aromatic heterocycles. The SMILES string of the molecule is CNCc1nnc(N2CCI(C)CC2)s1. The Morgan fingerprint density at radius 3 is 2.80 bits per heavy atom. The minimum absolute atomic E-state index is 0.518. The Kier molecular flexibility index (Phi) is 4.15. The average Bonchev–Trinajstić information content (AvgIpc) is 2.68. The van der Waals surface area contributed by atoms with E-state index in [1.54, 1.807) is 11.3 Å². The Morgan fingerprint density at radius 2 is 2.13 bits per heavy atom. The molecule has 0 saturated carbocycles. The summed E-state index contributed by atoms with van der Waals surface area (Å²) in [5.41, 5.74) is 0. The average molecular weight is 340 g/mol. The summed E-state index contributed by atoms with van der Waals surface area (Å²) in [6, 6.07) is 0. The van der Waals surface area contributed by atoms with E-state index in [0.717, 1.165) is 16.7 Å². The van der Waals surface area contributed by atoms with Crippen LogP contribution in [0.5, 0.6) is 0 Å². The van der Waals surface area contributed by atoms with Gasteiger partial charge in [-0.1, -0.05) is 0 Å². The molecule has 6 heteroatoms. The van der Waals surface area contributed by atoms with Crippen LogP contribution in [0.1, 0.15) is 5.01 Å². The molecule has 1 aliphatic heterocycles. The molecule has 0 bridgehead atoms. The van der Waals surface area contributed by atoms with E-state index < -0.39 is 19.8 Å². The summed E-state index contributed by atoms with van der Waals surface area (Å²) in [6.07, 6.45) is 0. The predicted octanol–water partition coefficient (Wildman–Crippen LogP) is 1.21. The summed E-state index contributed by atoms with van der Waals surface area (Å²) >= 11 is 1.21. The normalized spacial score (nSPS) is 19.6. The standard InChI is InChI=1S/C9H17IN4S/c1-10-3-5-14(6-4-10)9-13-12-8(15-9)7-11-2/h11H,3-7H2,1-2H3. The number of aromatic nitrogens is 2. The summed E-state index contributed by atoms with van der Waals surface area (Å²) < 4.78 is 2.87. The maximum atomic E-state index is 4.26. The first-order valence-electron chi connectivity index (χ1n) is 5.03. The van der Waals surface area contributed by atoms with Crippen LogP contribution in [0.3, 0.4) is 0 Å². The molecule has 0 amide bonds. The van der Waals surface area contributed by atoms with E-state index in [9.17, 15) is 0 Å². The van der Waals surface area contributed by atoms with Crippen molar-refractivity contribution in [2.75, 3.05) is 38.8 Å². The molecule has 1 fully saturated rings. The summed E-state index contributed by atoms with van der Waals surface area (Å²) in [5.74, 6) is 0. The van der Waals surface area contributed by atoms with Crippen LogP contribution >= 0.6 is 31.2 Å². The van der Waals surface area contributed by atoms with Gasteiger partial charge in [0.1, 0.15) is 0 Å². The Hall–Kier alpha value is 0.0500. The van der Waals surface area contributed by atoms with Gasteiger partial charge in [-0.3, -0.25) is 0 Å². The molecule has 0 spiro atoms. The van der Waals surface area contributed by atoms with Crippen LogP contribution < -0.4 is 10.2 Å². The number of hydrogen-bond acceptors (Lipinski definition) is 5. The van der Waals surface area contributed by atoms with E-state index >= 15 is 0 Å². The van der Waals surface area contributed by atoms with E-state index in [-0.39, 0.29) is 0 Å². The number of halogens is 1. The molecule has 0 unspecified atom stereocenters. The van der Waals surface area contributed by atoms with Gasteiger partial charge in [-0.25, -0.2) is 0 Å². The molecule has 1 aliphatic rings. The van der Waals surface area contributed by atoms with E-state index in [0.29, 0.717) is 0 Å². The molecule has 86 valence electrons. The number of nitrogens with one attached hydrogen (secondary N) is 1. The van der Waals surface area contributed by atoms with Gasteiger partial charge in [-0.15, -0.1) is 0 Å². The zero-order valence-corrected chi connectivity index (χ0v) is 12.1. The number of rotatable bonds is 3. The van der Waals surface area contributed by atoms with Gasteiger partial charge in [0.05, 0.1) is 0 Å².